The third-order valence-electron chi connectivity index (χ3n) is 3.98. The zero-order valence-corrected chi connectivity index (χ0v) is 12.2. The van der Waals surface area contributed by atoms with E-state index in [0.717, 1.165) is 18.5 Å². The van der Waals surface area contributed by atoms with Crippen molar-refractivity contribution >= 4 is 18.3 Å². The molecule has 0 heterocycles. The minimum Gasteiger partial charge on any atom is -0.354 e. The molecule has 1 aromatic carbocycles. The molecule has 0 saturated heterocycles. The van der Waals surface area contributed by atoms with Crippen molar-refractivity contribution in [3.05, 3.63) is 35.9 Å². The van der Waals surface area contributed by atoms with Crippen LogP contribution in [-0.4, -0.2) is 18.5 Å². The Balaban J connectivity index is 0.00000180. The van der Waals surface area contributed by atoms with Gasteiger partial charge in [0.25, 0.3) is 0 Å². The van der Waals surface area contributed by atoms with Crippen LogP contribution in [0, 0.1) is 5.41 Å². The summed E-state index contributed by atoms with van der Waals surface area (Å²) in [5.41, 5.74) is 7.41. The molecule has 106 valence electrons. The van der Waals surface area contributed by atoms with Crippen LogP contribution in [0.25, 0.3) is 0 Å². The highest BCUT2D eigenvalue weighted by molar-refractivity contribution is 5.85. The third kappa shape index (κ3) is 4.51. The van der Waals surface area contributed by atoms with Crippen LogP contribution in [0.4, 0.5) is 0 Å². The molecule has 3 nitrogen and oxygen atoms in total. The monoisotopic (exact) mass is 282 g/mol. The zero-order valence-electron chi connectivity index (χ0n) is 11.4. The van der Waals surface area contributed by atoms with Gasteiger partial charge in [0.1, 0.15) is 0 Å². The number of hydrogen-bond acceptors (Lipinski definition) is 2. The van der Waals surface area contributed by atoms with Crippen LogP contribution in [0.15, 0.2) is 30.3 Å². The smallest absolute Gasteiger partial charge is 0.237 e. The molecule has 1 fully saturated rings. The van der Waals surface area contributed by atoms with Crippen molar-refractivity contribution in [2.24, 2.45) is 11.1 Å². The quantitative estimate of drug-likeness (QED) is 0.841. The Kier molecular flexibility index (Phi) is 5.83. The molecule has 0 bridgehead atoms. The van der Waals surface area contributed by atoms with E-state index in [4.69, 9.17) is 5.73 Å². The highest BCUT2D eigenvalue weighted by Crippen LogP contribution is 2.47. The maximum absolute atomic E-state index is 11.9. The van der Waals surface area contributed by atoms with Gasteiger partial charge in [0.2, 0.25) is 5.91 Å². The van der Waals surface area contributed by atoms with E-state index in [1.807, 2.05) is 30.3 Å². The van der Waals surface area contributed by atoms with Crippen LogP contribution in [0.3, 0.4) is 0 Å². The van der Waals surface area contributed by atoms with Gasteiger partial charge in [-0.15, -0.1) is 12.4 Å². The van der Waals surface area contributed by atoms with E-state index in [9.17, 15) is 4.79 Å². The van der Waals surface area contributed by atoms with E-state index in [2.05, 4.69) is 12.2 Å². The molecule has 19 heavy (non-hydrogen) atoms. The average Bonchev–Trinajstić information content (AvgIpc) is 3.18. The zero-order chi connectivity index (χ0) is 13.0. The highest BCUT2D eigenvalue weighted by atomic mass is 35.5. The molecule has 1 atom stereocenters. The van der Waals surface area contributed by atoms with Gasteiger partial charge < -0.3 is 11.1 Å². The number of carbonyl (C=O) groups is 1. The second-order valence-corrected chi connectivity index (χ2v) is 5.37. The van der Waals surface area contributed by atoms with Gasteiger partial charge in [-0.2, -0.15) is 0 Å². The lowest BCUT2D eigenvalue weighted by atomic mass is 10.0. The van der Waals surface area contributed by atoms with Crippen LogP contribution in [-0.2, 0) is 11.2 Å². The lowest BCUT2D eigenvalue weighted by Gasteiger charge is -2.16. The topological polar surface area (TPSA) is 55.1 Å². The second kappa shape index (κ2) is 6.92. The number of carbonyl (C=O) groups excluding carboxylic acids is 1. The van der Waals surface area contributed by atoms with Gasteiger partial charge in [-0.05, 0) is 36.7 Å². The van der Waals surface area contributed by atoms with E-state index in [0.29, 0.717) is 11.8 Å². The van der Waals surface area contributed by atoms with Gasteiger partial charge in [-0.25, -0.2) is 0 Å². The molecule has 0 aromatic heterocycles. The molecule has 2 rings (SSSR count). The van der Waals surface area contributed by atoms with E-state index in [1.165, 1.54) is 12.8 Å². The lowest BCUT2D eigenvalue weighted by molar-refractivity contribution is -0.122. The molecular formula is C15H23ClN2O. The summed E-state index contributed by atoms with van der Waals surface area (Å²) in [6.45, 7) is 2.97. The van der Waals surface area contributed by atoms with Crippen LogP contribution in [0.5, 0.6) is 0 Å². The fourth-order valence-corrected chi connectivity index (χ4v) is 2.20. The van der Waals surface area contributed by atoms with Crippen LogP contribution < -0.4 is 11.1 Å². The molecule has 1 amide bonds. The van der Waals surface area contributed by atoms with Gasteiger partial charge >= 0.3 is 0 Å². The number of nitrogens with one attached hydrogen (secondary N) is 1. The van der Waals surface area contributed by atoms with Crippen LogP contribution >= 0.6 is 12.4 Å². The first-order chi connectivity index (χ1) is 8.65. The first-order valence-corrected chi connectivity index (χ1v) is 6.72. The molecule has 1 unspecified atom stereocenters. The largest absolute Gasteiger partial charge is 0.354 e. The maximum Gasteiger partial charge on any atom is 0.237 e. The Morgan fingerprint density at radius 1 is 1.37 bits per heavy atom. The minimum absolute atomic E-state index is 0. The number of rotatable bonds is 6. The summed E-state index contributed by atoms with van der Waals surface area (Å²) in [5, 5.41) is 2.99. The first-order valence-electron chi connectivity index (χ1n) is 6.72. The summed E-state index contributed by atoms with van der Waals surface area (Å²) in [7, 11) is 0. The summed E-state index contributed by atoms with van der Waals surface area (Å²) < 4.78 is 0. The summed E-state index contributed by atoms with van der Waals surface area (Å²) in [6, 6.07) is 9.46. The minimum atomic E-state index is -0.444. The average molecular weight is 283 g/mol. The van der Waals surface area contributed by atoms with Crippen molar-refractivity contribution in [2.75, 3.05) is 6.54 Å². The molecule has 1 saturated carbocycles. The van der Waals surface area contributed by atoms with Gasteiger partial charge in [0.15, 0.2) is 0 Å². The number of nitrogens with two attached hydrogens (primary N) is 1. The number of benzene rings is 1. The van der Waals surface area contributed by atoms with E-state index < -0.39 is 6.04 Å². The highest BCUT2D eigenvalue weighted by Gasteiger charge is 2.40. The van der Waals surface area contributed by atoms with Crippen molar-refractivity contribution in [3.8, 4) is 0 Å². The molecule has 1 aliphatic carbocycles. The molecule has 0 radical (unpaired) electrons. The molecule has 3 N–H and O–H groups in total. The first kappa shape index (κ1) is 16.0. The van der Waals surface area contributed by atoms with Crippen molar-refractivity contribution in [3.63, 3.8) is 0 Å². The van der Waals surface area contributed by atoms with Crippen LogP contribution in [0.2, 0.25) is 0 Å². The summed E-state index contributed by atoms with van der Waals surface area (Å²) in [5.74, 6) is -0.0291. The fraction of sp³-hybridized carbons (Fsp3) is 0.533. The Bertz CT molecular complexity index is 404. The van der Waals surface area contributed by atoms with E-state index >= 15 is 0 Å². The summed E-state index contributed by atoms with van der Waals surface area (Å²) >= 11 is 0. The van der Waals surface area contributed by atoms with Crippen LogP contribution in [0.1, 0.15) is 31.7 Å². The normalized spacial score (nSPS) is 17.2. The maximum atomic E-state index is 11.9. The number of amides is 1. The Labute approximate surface area is 121 Å². The fourth-order valence-electron chi connectivity index (χ4n) is 2.20. The van der Waals surface area contributed by atoms with E-state index in [-0.39, 0.29) is 18.3 Å². The second-order valence-electron chi connectivity index (χ2n) is 5.37. The third-order valence-corrected chi connectivity index (χ3v) is 3.98. The number of halogens is 1. The number of hydrogen-bond donors (Lipinski definition) is 2. The molecule has 0 spiro atoms. The van der Waals surface area contributed by atoms with Crippen molar-refractivity contribution in [1.82, 2.24) is 5.32 Å². The van der Waals surface area contributed by atoms with Gasteiger partial charge in [-0.3, -0.25) is 4.79 Å². The SMILES string of the molecule is CCC1(CNC(=O)C(N)Cc2ccccc2)CC1.Cl. The Morgan fingerprint density at radius 2 is 2.00 bits per heavy atom. The van der Waals surface area contributed by atoms with Crippen molar-refractivity contribution in [1.29, 1.82) is 0 Å². The van der Waals surface area contributed by atoms with Gasteiger partial charge in [-0.1, -0.05) is 37.3 Å². The predicted molar refractivity (Wildman–Crippen MR) is 80.3 cm³/mol. The van der Waals surface area contributed by atoms with Gasteiger partial charge in [0, 0.05) is 6.54 Å². The molecule has 1 aromatic rings. The predicted octanol–water partition coefficient (Wildman–Crippen LogP) is 2.28. The molecule has 1 aliphatic rings. The Morgan fingerprint density at radius 3 is 2.53 bits per heavy atom. The summed E-state index contributed by atoms with van der Waals surface area (Å²) in [6.07, 6.45) is 4.21. The van der Waals surface area contributed by atoms with Crippen molar-refractivity contribution < 1.29 is 4.79 Å². The standard InChI is InChI=1S/C15H22N2O.ClH/c1-2-15(8-9-15)11-17-14(18)13(16)10-12-6-4-3-5-7-12;/h3-7,13H,2,8-11,16H2,1H3,(H,17,18);1H. The lowest BCUT2D eigenvalue weighted by Crippen LogP contribution is -2.43. The van der Waals surface area contributed by atoms with E-state index in [1.54, 1.807) is 0 Å². The Hall–Kier alpha value is -1.06. The molecule has 0 aliphatic heterocycles. The van der Waals surface area contributed by atoms with Gasteiger partial charge in [0.05, 0.1) is 6.04 Å². The molecular weight excluding hydrogens is 260 g/mol. The van der Waals surface area contributed by atoms with Crippen molar-refractivity contribution in [2.45, 2.75) is 38.6 Å². The summed E-state index contributed by atoms with van der Waals surface area (Å²) in [4.78, 5) is 11.9. The molecule has 4 heteroatoms.